The van der Waals surface area contributed by atoms with Crippen LogP contribution in [0.15, 0.2) is 24.3 Å². The Hall–Kier alpha value is -0.970. The van der Waals surface area contributed by atoms with Gasteiger partial charge in [-0.3, -0.25) is 9.69 Å². The Balaban J connectivity index is 0.00000264. The van der Waals surface area contributed by atoms with E-state index in [0.717, 1.165) is 36.8 Å². The SMILES string of the molecule is CC1CCN(C(C)CNC(=O)CCc2ccccc2N)CC1.Cl.Cl. The number of nitrogens with two attached hydrogens (primary N) is 1. The molecule has 0 saturated carbocycles. The van der Waals surface area contributed by atoms with Crippen LogP contribution in [0.2, 0.25) is 0 Å². The molecule has 1 atom stereocenters. The van der Waals surface area contributed by atoms with Crippen molar-refractivity contribution in [1.29, 1.82) is 0 Å². The van der Waals surface area contributed by atoms with Gasteiger partial charge in [-0.2, -0.15) is 0 Å². The van der Waals surface area contributed by atoms with E-state index >= 15 is 0 Å². The Labute approximate surface area is 158 Å². The molecule has 1 fully saturated rings. The van der Waals surface area contributed by atoms with Crippen LogP contribution in [-0.2, 0) is 11.2 Å². The third kappa shape index (κ3) is 7.29. The van der Waals surface area contributed by atoms with Gasteiger partial charge in [-0.25, -0.2) is 0 Å². The van der Waals surface area contributed by atoms with Gasteiger partial charge in [0, 0.05) is 24.7 Å². The van der Waals surface area contributed by atoms with Gasteiger partial charge in [0.15, 0.2) is 0 Å². The van der Waals surface area contributed by atoms with Crippen LogP contribution in [0, 0.1) is 5.92 Å². The van der Waals surface area contributed by atoms with Crippen molar-refractivity contribution in [3.8, 4) is 0 Å². The summed E-state index contributed by atoms with van der Waals surface area (Å²) in [5, 5.41) is 3.06. The maximum Gasteiger partial charge on any atom is 0.220 e. The molecule has 1 aliphatic heterocycles. The molecule has 1 unspecified atom stereocenters. The minimum Gasteiger partial charge on any atom is -0.399 e. The molecule has 0 radical (unpaired) electrons. The first-order valence-electron chi connectivity index (χ1n) is 8.40. The molecule has 6 heteroatoms. The van der Waals surface area contributed by atoms with E-state index < -0.39 is 0 Å². The van der Waals surface area contributed by atoms with Crippen LogP contribution >= 0.6 is 24.8 Å². The third-order valence-electron chi connectivity index (χ3n) is 4.71. The predicted molar refractivity (Wildman–Crippen MR) is 106 cm³/mol. The van der Waals surface area contributed by atoms with E-state index in [0.29, 0.717) is 18.9 Å². The minimum atomic E-state index is 0. The lowest BCUT2D eigenvalue weighted by molar-refractivity contribution is -0.121. The summed E-state index contributed by atoms with van der Waals surface area (Å²) in [5.41, 5.74) is 7.72. The molecular formula is C18H31Cl2N3O. The number of benzene rings is 1. The standard InChI is InChI=1S/C18H29N3O.2ClH/c1-14-9-11-21(12-10-14)15(2)13-20-18(22)8-7-16-5-3-4-6-17(16)19;;/h3-6,14-15H,7-13,19H2,1-2H3,(H,20,22);2*1H. The molecule has 1 aromatic carbocycles. The van der Waals surface area contributed by atoms with E-state index in [1.807, 2.05) is 24.3 Å². The van der Waals surface area contributed by atoms with Gasteiger partial charge in [-0.05, 0) is 56.8 Å². The van der Waals surface area contributed by atoms with Gasteiger partial charge in [0.25, 0.3) is 0 Å². The van der Waals surface area contributed by atoms with Gasteiger partial charge in [0.2, 0.25) is 5.91 Å². The van der Waals surface area contributed by atoms with Crippen LogP contribution in [0.1, 0.15) is 38.7 Å². The first-order chi connectivity index (χ1) is 10.6. The third-order valence-corrected chi connectivity index (χ3v) is 4.71. The fourth-order valence-electron chi connectivity index (χ4n) is 2.96. The Bertz CT molecular complexity index is 491. The van der Waals surface area contributed by atoms with Gasteiger partial charge in [-0.15, -0.1) is 24.8 Å². The summed E-state index contributed by atoms with van der Waals surface area (Å²) < 4.78 is 0. The van der Waals surface area contributed by atoms with Crippen molar-refractivity contribution in [2.24, 2.45) is 5.92 Å². The lowest BCUT2D eigenvalue weighted by atomic mass is 9.98. The maximum absolute atomic E-state index is 12.0. The van der Waals surface area contributed by atoms with Crippen molar-refractivity contribution in [2.75, 3.05) is 25.4 Å². The van der Waals surface area contributed by atoms with E-state index in [9.17, 15) is 4.79 Å². The van der Waals surface area contributed by atoms with E-state index in [2.05, 4.69) is 24.1 Å². The number of carbonyl (C=O) groups is 1. The molecule has 0 aromatic heterocycles. The zero-order valence-corrected chi connectivity index (χ0v) is 16.3. The maximum atomic E-state index is 12.0. The number of hydrogen-bond donors (Lipinski definition) is 2. The quantitative estimate of drug-likeness (QED) is 0.749. The summed E-state index contributed by atoms with van der Waals surface area (Å²) in [6.45, 7) is 7.56. The van der Waals surface area contributed by atoms with Crippen molar-refractivity contribution < 1.29 is 4.79 Å². The number of amides is 1. The van der Waals surface area contributed by atoms with Gasteiger partial charge in [0.1, 0.15) is 0 Å². The van der Waals surface area contributed by atoms with Gasteiger partial charge in [-0.1, -0.05) is 25.1 Å². The van der Waals surface area contributed by atoms with Crippen LogP contribution in [0.25, 0.3) is 0 Å². The van der Waals surface area contributed by atoms with Crippen LogP contribution in [-0.4, -0.2) is 36.5 Å². The van der Waals surface area contributed by atoms with E-state index in [1.165, 1.54) is 12.8 Å². The first kappa shape index (κ1) is 23.0. The number of nitrogens with one attached hydrogen (secondary N) is 1. The van der Waals surface area contributed by atoms with Crippen LogP contribution in [0.4, 0.5) is 5.69 Å². The highest BCUT2D eigenvalue weighted by molar-refractivity contribution is 5.85. The average Bonchev–Trinajstić information content (AvgIpc) is 2.52. The fraction of sp³-hybridized carbons (Fsp3) is 0.611. The number of nitrogen functional groups attached to an aromatic ring is 1. The molecule has 3 N–H and O–H groups in total. The average molecular weight is 376 g/mol. The number of anilines is 1. The van der Waals surface area contributed by atoms with Crippen molar-refractivity contribution in [1.82, 2.24) is 10.2 Å². The van der Waals surface area contributed by atoms with Crippen LogP contribution in [0.5, 0.6) is 0 Å². The molecule has 1 aliphatic rings. The molecule has 0 spiro atoms. The molecule has 0 bridgehead atoms. The number of likely N-dealkylation sites (tertiary alicyclic amines) is 1. The van der Waals surface area contributed by atoms with Gasteiger partial charge < -0.3 is 11.1 Å². The molecule has 1 aromatic rings. The number of halogens is 2. The molecule has 2 rings (SSSR count). The summed E-state index contributed by atoms with van der Waals surface area (Å²) >= 11 is 0. The summed E-state index contributed by atoms with van der Waals surface area (Å²) in [4.78, 5) is 14.5. The second-order valence-corrected chi connectivity index (χ2v) is 6.57. The number of nitrogens with zero attached hydrogens (tertiary/aromatic N) is 1. The number of carbonyl (C=O) groups excluding carboxylic acids is 1. The molecular weight excluding hydrogens is 345 g/mol. The Morgan fingerprint density at radius 3 is 2.54 bits per heavy atom. The van der Waals surface area contributed by atoms with Crippen molar-refractivity contribution >= 4 is 36.4 Å². The lowest BCUT2D eigenvalue weighted by Crippen LogP contribution is -2.45. The molecule has 1 amide bonds. The lowest BCUT2D eigenvalue weighted by Gasteiger charge is -2.35. The van der Waals surface area contributed by atoms with Gasteiger partial charge in [0.05, 0.1) is 0 Å². The largest absolute Gasteiger partial charge is 0.399 e. The highest BCUT2D eigenvalue weighted by Crippen LogP contribution is 2.17. The van der Waals surface area contributed by atoms with E-state index in [1.54, 1.807) is 0 Å². The first-order valence-corrected chi connectivity index (χ1v) is 8.40. The van der Waals surface area contributed by atoms with Crippen molar-refractivity contribution in [2.45, 2.75) is 45.6 Å². The molecule has 24 heavy (non-hydrogen) atoms. The zero-order valence-electron chi connectivity index (χ0n) is 14.7. The second-order valence-electron chi connectivity index (χ2n) is 6.57. The number of piperidine rings is 1. The summed E-state index contributed by atoms with van der Waals surface area (Å²) in [7, 11) is 0. The predicted octanol–water partition coefficient (Wildman–Crippen LogP) is 3.28. The number of aryl methyl sites for hydroxylation is 1. The molecule has 1 saturated heterocycles. The summed E-state index contributed by atoms with van der Waals surface area (Å²) in [6.07, 6.45) is 3.74. The molecule has 4 nitrogen and oxygen atoms in total. The van der Waals surface area contributed by atoms with E-state index in [4.69, 9.17) is 5.73 Å². The smallest absolute Gasteiger partial charge is 0.220 e. The molecule has 138 valence electrons. The van der Waals surface area contributed by atoms with Gasteiger partial charge >= 0.3 is 0 Å². The second kappa shape index (κ2) is 11.6. The monoisotopic (exact) mass is 375 g/mol. The summed E-state index contributed by atoms with van der Waals surface area (Å²) in [5.74, 6) is 0.954. The Kier molecular flexibility index (Phi) is 11.1. The zero-order chi connectivity index (χ0) is 15.9. The highest BCUT2D eigenvalue weighted by Gasteiger charge is 2.20. The number of para-hydroxylation sites is 1. The number of rotatable bonds is 6. The van der Waals surface area contributed by atoms with Crippen molar-refractivity contribution in [3.05, 3.63) is 29.8 Å². The van der Waals surface area contributed by atoms with Crippen LogP contribution in [0.3, 0.4) is 0 Å². The Morgan fingerprint density at radius 1 is 1.29 bits per heavy atom. The minimum absolute atomic E-state index is 0. The normalized spacial score (nSPS) is 16.6. The fourth-order valence-corrected chi connectivity index (χ4v) is 2.96. The molecule has 0 aliphatic carbocycles. The molecule has 1 heterocycles. The van der Waals surface area contributed by atoms with E-state index in [-0.39, 0.29) is 30.7 Å². The van der Waals surface area contributed by atoms with Crippen LogP contribution < -0.4 is 11.1 Å². The topological polar surface area (TPSA) is 58.4 Å². The summed E-state index contributed by atoms with van der Waals surface area (Å²) in [6, 6.07) is 8.16. The van der Waals surface area contributed by atoms with Crippen molar-refractivity contribution in [3.63, 3.8) is 0 Å². The number of hydrogen-bond acceptors (Lipinski definition) is 3. The Morgan fingerprint density at radius 2 is 1.92 bits per heavy atom. The highest BCUT2D eigenvalue weighted by atomic mass is 35.5.